The van der Waals surface area contributed by atoms with E-state index >= 15 is 0 Å². The summed E-state index contributed by atoms with van der Waals surface area (Å²) in [6.07, 6.45) is 0. The summed E-state index contributed by atoms with van der Waals surface area (Å²) in [5.41, 5.74) is 8.39. The van der Waals surface area contributed by atoms with Crippen LogP contribution in [0.3, 0.4) is 0 Å². The van der Waals surface area contributed by atoms with Crippen LogP contribution in [-0.2, 0) is 4.79 Å². The monoisotopic (exact) mass is 307 g/mol. The molecule has 0 aliphatic carbocycles. The molecular weight excluding hydrogens is 290 g/mol. The molecule has 0 aliphatic rings. The second kappa shape index (κ2) is 6.39. The Morgan fingerprint density at radius 3 is 2.75 bits per heavy atom. The first kappa shape index (κ1) is 15.0. The van der Waals surface area contributed by atoms with Crippen LogP contribution >= 0.6 is 23.1 Å². The van der Waals surface area contributed by atoms with Crippen LogP contribution in [0, 0.1) is 13.8 Å². The van der Waals surface area contributed by atoms with E-state index in [2.05, 4.69) is 10.3 Å². The number of amides is 1. The van der Waals surface area contributed by atoms with Gasteiger partial charge >= 0.3 is 0 Å². The molecule has 3 N–H and O–H groups in total. The summed E-state index contributed by atoms with van der Waals surface area (Å²) in [5.74, 6) is -0.177. The molecule has 2 rings (SSSR count). The fourth-order valence-corrected chi connectivity index (χ4v) is 3.48. The molecule has 0 unspecified atom stereocenters. The molecule has 1 amide bonds. The number of hydrogen-bond acceptors (Lipinski definition) is 5. The Hall–Kier alpha value is -1.37. The maximum atomic E-state index is 11.6. The van der Waals surface area contributed by atoms with Crippen molar-refractivity contribution in [3.63, 3.8) is 0 Å². The van der Waals surface area contributed by atoms with Crippen LogP contribution in [0.5, 0.6) is 0 Å². The molecule has 0 bridgehead atoms. The van der Waals surface area contributed by atoms with Crippen molar-refractivity contribution < 1.29 is 4.79 Å². The SMILES string of the molecule is Cc1csc(Sc2ccc(NC(=O)[C@H](C)N)c(C)c2)n1. The van der Waals surface area contributed by atoms with Gasteiger partial charge in [0.25, 0.3) is 0 Å². The molecule has 1 atom stereocenters. The van der Waals surface area contributed by atoms with Crippen molar-refractivity contribution in [2.75, 3.05) is 5.32 Å². The number of nitrogens with one attached hydrogen (secondary N) is 1. The molecule has 0 radical (unpaired) electrons. The summed E-state index contributed by atoms with van der Waals surface area (Å²) in [6, 6.07) is 5.41. The third-order valence-electron chi connectivity index (χ3n) is 2.67. The van der Waals surface area contributed by atoms with E-state index in [0.717, 1.165) is 26.2 Å². The van der Waals surface area contributed by atoms with Gasteiger partial charge in [0.15, 0.2) is 4.34 Å². The standard InChI is InChI=1S/C14H17N3OS2/c1-8-6-11(20-14-16-9(2)7-19-14)4-5-12(8)17-13(18)10(3)15/h4-7,10H,15H2,1-3H3,(H,17,18)/t10-/m0/s1. The highest BCUT2D eigenvalue weighted by atomic mass is 32.2. The molecule has 106 valence electrons. The molecule has 6 heteroatoms. The van der Waals surface area contributed by atoms with Crippen LogP contribution in [0.1, 0.15) is 18.2 Å². The highest BCUT2D eigenvalue weighted by Crippen LogP contribution is 2.32. The second-order valence-corrected chi connectivity index (χ2v) is 6.79. The lowest BCUT2D eigenvalue weighted by atomic mass is 10.2. The lowest BCUT2D eigenvalue weighted by Gasteiger charge is -2.11. The first-order chi connectivity index (χ1) is 9.45. The van der Waals surface area contributed by atoms with Crippen molar-refractivity contribution in [3.05, 3.63) is 34.8 Å². The topological polar surface area (TPSA) is 68.0 Å². The number of nitrogens with two attached hydrogens (primary N) is 1. The van der Waals surface area contributed by atoms with Crippen molar-refractivity contribution in [2.24, 2.45) is 5.73 Å². The lowest BCUT2D eigenvalue weighted by molar-refractivity contribution is -0.117. The van der Waals surface area contributed by atoms with Gasteiger partial charge in [-0.05, 0) is 44.5 Å². The number of carbonyl (C=O) groups excluding carboxylic acids is 1. The molecule has 1 aromatic heterocycles. The zero-order chi connectivity index (χ0) is 14.7. The largest absolute Gasteiger partial charge is 0.325 e. The molecule has 1 heterocycles. The highest BCUT2D eigenvalue weighted by molar-refractivity contribution is 8.01. The quantitative estimate of drug-likeness (QED) is 0.910. The maximum absolute atomic E-state index is 11.6. The van der Waals surface area contributed by atoms with E-state index in [1.54, 1.807) is 30.0 Å². The fourth-order valence-electron chi connectivity index (χ4n) is 1.57. The van der Waals surface area contributed by atoms with Crippen LogP contribution < -0.4 is 11.1 Å². The third kappa shape index (κ3) is 3.82. The Bertz CT molecular complexity index is 623. The fraction of sp³-hybridized carbons (Fsp3) is 0.286. The Kier molecular flexibility index (Phi) is 4.80. The van der Waals surface area contributed by atoms with E-state index in [4.69, 9.17) is 5.73 Å². The smallest absolute Gasteiger partial charge is 0.241 e. The number of carbonyl (C=O) groups is 1. The van der Waals surface area contributed by atoms with Gasteiger partial charge in [-0.1, -0.05) is 11.8 Å². The third-order valence-corrected chi connectivity index (χ3v) is 4.72. The molecule has 1 aromatic carbocycles. The van der Waals surface area contributed by atoms with E-state index in [9.17, 15) is 4.79 Å². The first-order valence-electron chi connectivity index (χ1n) is 6.23. The van der Waals surface area contributed by atoms with E-state index in [1.165, 1.54) is 0 Å². The second-order valence-electron chi connectivity index (χ2n) is 4.61. The van der Waals surface area contributed by atoms with Gasteiger partial charge in [0.2, 0.25) is 5.91 Å². The van der Waals surface area contributed by atoms with E-state index in [-0.39, 0.29) is 5.91 Å². The molecule has 0 fully saturated rings. The molecule has 0 aliphatic heterocycles. The van der Waals surface area contributed by atoms with Crippen LogP contribution in [0.25, 0.3) is 0 Å². The number of hydrogen-bond donors (Lipinski definition) is 2. The normalized spacial score (nSPS) is 12.2. The van der Waals surface area contributed by atoms with Crippen molar-refractivity contribution >= 4 is 34.7 Å². The van der Waals surface area contributed by atoms with E-state index < -0.39 is 6.04 Å². The summed E-state index contributed by atoms with van der Waals surface area (Å²) >= 11 is 3.26. The summed E-state index contributed by atoms with van der Waals surface area (Å²) in [5, 5.41) is 4.85. The molecule has 0 spiro atoms. The first-order valence-corrected chi connectivity index (χ1v) is 7.92. The maximum Gasteiger partial charge on any atom is 0.241 e. The number of aromatic nitrogens is 1. The summed E-state index contributed by atoms with van der Waals surface area (Å²) < 4.78 is 1.02. The van der Waals surface area contributed by atoms with Gasteiger partial charge in [-0.25, -0.2) is 4.98 Å². The Morgan fingerprint density at radius 2 is 2.20 bits per heavy atom. The molecular formula is C14H17N3OS2. The minimum Gasteiger partial charge on any atom is -0.325 e. The molecule has 0 saturated carbocycles. The molecule has 20 heavy (non-hydrogen) atoms. The minimum absolute atomic E-state index is 0.177. The van der Waals surface area contributed by atoms with Crippen molar-refractivity contribution in [1.82, 2.24) is 4.98 Å². The Balaban J connectivity index is 2.11. The van der Waals surface area contributed by atoms with Crippen molar-refractivity contribution in [3.8, 4) is 0 Å². The van der Waals surface area contributed by atoms with Crippen LogP contribution in [-0.4, -0.2) is 16.9 Å². The van der Waals surface area contributed by atoms with Crippen molar-refractivity contribution in [1.29, 1.82) is 0 Å². The molecule has 2 aromatic rings. The number of anilines is 1. The van der Waals surface area contributed by atoms with E-state index in [0.29, 0.717) is 0 Å². The summed E-state index contributed by atoms with van der Waals surface area (Å²) in [6.45, 7) is 5.62. The van der Waals surface area contributed by atoms with Gasteiger partial charge in [0.05, 0.1) is 6.04 Å². The van der Waals surface area contributed by atoms with Gasteiger partial charge in [-0.3, -0.25) is 4.79 Å². The predicted molar refractivity (Wildman–Crippen MR) is 84.4 cm³/mol. The average Bonchev–Trinajstić information content (AvgIpc) is 2.78. The number of benzene rings is 1. The number of aryl methyl sites for hydroxylation is 2. The zero-order valence-corrected chi connectivity index (χ0v) is 13.3. The Labute approximate surface area is 126 Å². The highest BCUT2D eigenvalue weighted by Gasteiger charge is 2.10. The number of thiazole rings is 1. The van der Waals surface area contributed by atoms with Gasteiger partial charge in [0, 0.05) is 21.7 Å². The minimum atomic E-state index is -0.512. The summed E-state index contributed by atoms with van der Waals surface area (Å²) in [4.78, 5) is 17.1. The average molecular weight is 307 g/mol. The van der Waals surface area contributed by atoms with E-state index in [1.807, 2.05) is 37.4 Å². The van der Waals surface area contributed by atoms with Crippen LogP contribution in [0.4, 0.5) is 5.69 Å². The van der Waals surface area contributed by atoms with Crippen LogP contribution in [0.2, 0.25) is 0 Å². The number of rotatable bonds is 4. The van der Waals surface area contributed by atoms with Gasteiger partial charge < -0.3 is 11.1 Å². The van der Waals surface area contributed by atoms with Crippen LogP contribution in [0.15, 0.2) is 32.8 Å². The molecule has 4 nitrogen and oxygen atoms in total. The lowest BCUT2D eigenvalue weighted by Crippen LogP contribution is -2.32. The summed E-state index contributed by atoms with van der Waals surface area (Å²) in [7, 11) is 0. The van der Waals surface area contributed by atoms with Crippen molar-refractivity contribution in [2.45, 2.75) is 36.0 Å². The van der Waals surface area contributed by atoms with Gasteiger partial charge in [-0.2, -0.15) is 0 Å². The Morgan fingerprint density at radius 1 is 1.45 bits per heavy atom. The number of nitrogens with zero attached hydrogens (tertiary/aromatic N) is 1. The predicted octanol–water partition coefficient (Wildman–Crippen LogP) is 3.20. The zero-order valence-electron chi connectivity index (χ0n) is 11.6. The van der Waals surface area contributed by atoms with Gasteiger partial charge in [-0.15, -0.1) is 11.3 Å². The molecule has 0 saturated heterocycles. The van der Waals surface area contributed by atoms with Gasteiger partial charge in [0.1, 0.15) is 0 Å².